The molecule has 3 heterocycles. The Kier molecular flexibility index (Phi) is 8.37. The van der Waals surface area contributed by atoms with E-state index < -0.39 is 0 Å². The fourth-order valence-electron chi connectivity index (χ4n) is 5.52. The SMILES string of the molecule is COc1ccc2cc1OCCCN(C(=O)CCc1nc3ccccc3s1)CC(=O)NCCc1c([nH]c3ccccc13)C2. The topological polar surface area (TPSA) is 96.6 Å². The highest BCUT2D eigenvalue weighted by molar-refractivity contribution is 7.18. The smallest absolute Gasteiger partial charge is 0.239 e. The van der Waals surface area contributed by atoms with Crippen LogP contribution in [-0.4, -0.2) is 60.0 Å². The molecule has 0 saturated carbocycles. The number of aryl methyl sites for hydroxylation is 1. The molecular weight excluding hydrogens is 548 g/mol. The minimum Gasteiger partial charge on any atom is -0.493 e. The van der Waals surface area contributed by atoms with Gasteiger partial charge in [-0.1, -0.05) is 36.4 Å². The van der Waals surface area contributed by atoms with Crippen LogP contribution in [0.25, 0.3) is 21.1 Å². The third-order valence-corrected chi connectivity index (χ3v) is 8.71. The van der Waals surface area contributed by atoms with Gasteiger partial charge in [-0.05, 0) is 54.3 Å². The van der Waals surface area contributed by atoms with E-state index in [1.54, 1.807) is 23.3 Å². The van der Waals surface area contributed by atoms with Gasteiger partial charge in [0.25, 0.3) is 0 Å². The van der Waals surface area contributed by atoms with Gasteiger partial charge in [0.05, 0.1) is 35.5 Å². The molecule has 3 aromatic carbocycles. The van der Waals surface area contributed by atoms with E-state index in [0.717, 1.165) is 37.4 Å². The molecule has 2 aromatic heterocycles. The van der Waals surface area contributed by atoms with E-state index in [1.807, 2.05) is 48.5 Å². The quantitative estimate of drug-likeness (QED) is 0.301. The summed E-state index contributed by atoms with van der Waals surface area (Å²) in [7, 11) is 1.63. The van der Waals surface area contributed by atoms with Crippen LogP contribution in [0.5, 0.6) is 11.5 Å². The summed E-state index contributed by atoms with van der Waals surface area (Å²) in [4.78, 5) is 36.3. The van der Waals surface area contributed by atoms with Crippen molar-refractivity contribution in [2.75, 3.05) is 33.4 Å². The zero-order chi connectivity index (χ0) is 28.9. The van der Waals surface area contributed by atoms with Crippen molar-refractivity contribution in [3.05, 3.63) is 88.6 Å². The van der Waals surface area contributed by atoms with E-state index in [9.17, 15) is 9.59 Å². The molecule has 5 aromatic rings. The highest BCUT2D eigenvalue weighted by atomic mass is 32.1. The van der Waals surface area contributed by atoms with E-state index in [1.165, 1.54) is 5.56 Å². The molecule has 0 spiro atoms. The van der Waals surface area contributed by atoms with Crippen molar-refractivity contribution >= 4 is 44.3 Å². The molecule has 42 heavy (non-hydrogen) atoms. The van der Waals surface area contributed by atoms with E-state index >= 15 is 0 Å². The first-order valence-electron chi connectivity index (χ1n) is 14.3. The van der Waals surface area contributed by atoms with E-state index in [2.05, 4.69) is 33.5 Å². The lowest BCUT2D eigenvalue weighted by molar-refractivity contribution is -0.136. The molecule has 1 aliphatic rings. The molecule has 0 aliphatic carbocycles. The van der Waals surface area contributed by atoms with Crippen LogP contribution in [0, 0.1) is 0 Å². The molecular formula is C33H34N4O4S. The van der Waals surface area contributed by atoms with Crippen molar-refractivity contribution in [2.45, 2.75) is 32.1 Å². The number of carbonyl (C=O) groups is 2. The number of benzene rings is 3. The minimum atomic E-state index is -0.162. The number of hydrogen-bond acceptors (Lipinski definition) is 6. The molecule has 2 amide bonds. The van der Waals surface area contributed by atoms with Gasteiger partial charge in [0, 0.05) is 48.9 Å². The second kappa shape index (κ2) is 12.7. The Hall–Kier alpha value is -4.37. The van der Waals surface area contributed by atoms with Crippen molar-refractivity contribution in [2.24, 2.45) is 0 Å². The minimum absolute atomic E-state index is 0.0121. The Balaban J connectivity index is 1.21. The summed E-state index contributed by atoms with van der Waals surface area (Å²) in [6.07, 6.45) is 2.80. The summed E-state index contributed by atoms with van der Waals surface area (Å²) in [5, 5.41) is 5.13. The average Bonchev–Trinajstić information content (AvgIpc) is 3.58. The third-order valence-electron chi connectivity index (χ3n) is 7.62. The monoisotopic (exact) mass is 582 g/mol. The van der Waals surface area contributed by atoms with Crippen molar-refractivity contribution in [3.8, 4) is 11.5 Å². The Morgan fingerprint density at radius 1 is 1.12 bits per heavy atom. The predicted molar refractivity (Wildman–Crippen MR) is 165 cm³/mol. The number of amides is 2. The summed E-state index contributed by atoms with van der Waals surface area (Å²) in [6, 6.07) is 22.2. The number of hydrogen-bond donors (Lipinski definition) is 2. The fourth-order valence-corrected chi connectivity index (χ4v) is 6.49. The first kappa shape index (κ1) is 27.8. The number of nitrogens with one attached hydrogen (secondary N) is 2. The Labute approximate surface area is 248 Å². The van der Waals surface area contributed by atoms with Crippen molar-refractivity contribution in [3.63, 3.8) is 0 Å². The lowest BCUT2D eigenvalue weighted by atomic mass is 10.0. The van der Waals surface area contributed by atoms with Crippen LogP contribution in [0.3, 0.4) is 0 Å². The molecule has 0 saturated heterocycles. The molecule has 6 rings (SSSR count). The zero-order valence-corrected chi connectivity index (χ0v) is 24.5. The number of nitrogens with zero attached hydrogens (tertiary/aromatic N) is 2. The molecule has 0 radical (unpaired) electrons. The number of fused-ring (bicyclic) bond motifs is 6. The van der Waals surface area contributed by atoms with Gasteiger partial charge in [-0.15, -0.1) is 11.3 Å². The van der Waals surface area contributed by atoms with Crippen molar-refractivity contribution in [1.29, 1.82) is 0 Å². The number of H-pyrrole nitrogens is 1. The number of rotatable bonds is 4. The second-order valence-corrected chi connectivity index (χ2v) is 11.6. The number of aromatic nitrogens is 2. The zero-order valence-electron chi connectivity index (χ0n) is 23.7. The molecule has 0 atom stereocenters. The molecule has 0 fully saturated rings. The molecule has 216 valence electrons. The van der Waals surface area contributed by atoms with E-state index in [0.29, 0.717) is 63.3 Å². The van der Waals surface area contributed by atoms with E-state index in [-0.39, 0.29) is 18.4 Å². The Bertz CT molecular complexity index is 1690. The van der Waals surface area contributed by atoms with Crippen LogP contribution in [0.1, 0.15) is 34.7 Å². The van der Waals surface area contributed by atoms with Gasteiger partial charge in [0.15, 0.2) is 11.5 Å². The molecule has 1 aliphatic heterocycles. The van der Waals surface area contributed by atoms with Crippen LogP contribution in [0.15, 0.2) is 66.7 Å². The first-order valence-corrected chi connectivity index (χ1v) is 15.2. The standard InChI is InChI=1S/C33H34N4O4S/c1-40-28-12-11-22-19-27-24(23-7-2-3-8-25(23)35-27)15-16-34-31(38)21-37(17-6-18-41-29(28)20-22)33(39)14-13-32-36-26-9-4-5-10-30(26)42-32/h2-5,7-12,20,35H,6,13-19,21H2,1H3,(H,34,38). The van der Waals surface area contributed by atoms with Crippen LogP contribution in [0.2, 0.25) is 0 Å². The Morgan fingerprint density at radius 3 is 2.86 bits per heavy atom. The molecule has 2 bridgehead atoms. The number of aromatic amines is 1. The molecule has 8 nitrogen and oxygen atoms in total. The number of carbonyl (C=O) groups excluding carboxylic acids is 2. The lowest BCUT2D eigenvalue weighted by Gasteiger charge is -2.23. The predicted octanol–water partition coefficient (Wildman–Crippen LogP) is 5.28. The summed E-state index contributed by atoms with van der Waals surface area (Å²) >= 11 is 1.61. The number of ether oxygens (including phenoxy) is 2. The van der Waals surface area contributed by atoms with E-state index in [4.69, 9.17) is 9.47 Å². The summed E-state index contributed by atoms with van der Waals surface area (Å²) < 4.78 is 12.8. The van der Waals surface area contributed by atoms with Gasteiger partial charge in [-0.2, -0.15) is 0 Å². The Morgan fingerprint density at radius 2 is 1.98 bits per heavy atom. The fraction of sp³-hybridized carbons (Fsp3) is 0.303. The maximum absolute atomic E-state index is 13.3. The van der Waals surface area contributed by atoms with Gasteiger partial charge in [0.1, 0.15) is 0 Å². The van der Waals surface area contributed by atoms with Gasteiger partial charge >= 0.3 is 0 Å². The highest BCUT2D eigenvalue weighted by Gasteiger charge is 2.20. The second-order valence-electron chi connectivity index (χ2n) is 10.5. The maximum Gasteiger partial charge on any atom is 0.239 e. The lowest BCUT2D eigenvalue weighted by Crippen LogP contribution is -2.42. The number of para-hydroxylation sites is 2. The maximum atomic E-state index is 13.3. The largest absolute Gasteiger partial charge is 0.493 e. The normalized spacial score (nSPS) is 14.8. The first-order chi connectivity index (χ1) is 20.6. The van der Waals surface area contributed by atoms with Gasteiger partial charge in [-0.25, -0.2) is 4.98 Å². The highest BCUT2D eigenvalue weighted by Crippen LogP contribution is 2.31. The average molecular weight is 583 g/mol. The number of methoxy groups -OCH3 is 1. The summed E-state index contributed by atoms with van der Waals surface area (Å²) in [5.41, 5.74) is 5.41. The molecule has 2 N–H and O–H groups in total. The van der Waals surface area contributed by atoms with Gasteiger partial charge in [0.2, 0.25) is 11.8 Å². The van der Waals surface area contributed by atoms with Crippen molar-refractivity contribution < 1.29 is 19.1 Å². The van der Waals surface area contributed by atoms with Crippen LogP contribution < -0.4 is 14.8 Å². The third kappa shape index (κ3) is 6.26. The summed E-state index contributed by atoms with van der Waals surface area (Å²) in [6.45, 7) is 1.30. The van der Waals surface area contributed by atoms with Crippen LogP contribution in [-0.2, 0) is 28.9 Å². The van der Waals surface area contributed by atoms with Gasteiger partial charge < -0.3 is 24.7 Å². The van der Waals surface area contributed by atoms with Gasteiger partial charge in [-0.3, -0.25) is 9.59 Å². The van der Waals surface area contributed by atoms with Crippen molar-refractivity contribution in [1.82, 2.24) is 20.2 Å². The van der Waals surface area contributed by atoms with Crippen LogP contribution >= 0.6 is 11.3 Å². The molecule has 0 unspecified atom stereocenters. The number of thiazole rings is 1. The summed E-state index contributed by atoms with van der Waals surface area (Å²) in [5.74, 6) is 1.11. The molecule has 9 heteroatoms. The van der Waals surface area contributed by atoms with Crippen LogP contribution in [0.4, 0.5) is 0 Å².